The molecule has 0 nitrogen and oxygen atoms in total. The van der Waals surface area contributed by atoms with Crippen LogP contribution >= 0.6 is 0 Å². The van der Waals surface area contributed by atoms with Gasteiger partial charge in [0.1, 0.15) is 0 Å². The van der Waals surface area contributed by atoms with E-state index >= 15 is 0 Å². The van der Waals surface area contributed by atoms with E-state index in [1.54, 1.807) is 0 Å². The van der Waals surface area contributed by atoms with Crippen molar-refractivity contribution in [1.29, 1.82) is 0 Å². The maximum atomic E-state index is 2.28. The van der Waals surface area contributed by atoms with Crippen molar-refractivity contribution in [1.82, 2.24) is 0 Å². The van der Waals surface area contributed by atoms with E-state index in [2.05, 4.69) is 13.8 Å². The minimum absolute atomic E-state index is 0. The van der Waals surface area contributed by atoms with Crippen LogP contribution in [-0.2, 0) is 18.3 Å². The molecule has 0 aromatic heterocycles. The maximum Gasteiger partial charge on any atom is -0.0623 e. The first kappa shape index (κ1) is 19.5. The number of rotatable bonds is 6. The number of unbranched alkanes of at least 4 members (excludes halogenated alkanes) is 2. The minimum atomic E-state index is 0. The Morgan fingerprint density at radius 2 is 1.06 bits per heavy atom. The number of halogens is 1. The van der Waals surface area contributed by atoms with Gasteiger partial charge >= 0.3 is 75.2 Å². The molecule has 0 heterocycles. The summed E-state index contributed by atoms with van der Waals surface area (Å²) >= 11 is 1.51. The third-order valence-electron chi connectivity index (χ3n) is 2.60. The molecule has 0 aliphatic carbocycles. The molecule has 0 saturated carbocycles. The van der Waals surface area contributed by atoms with E-state index in [4.69, 9.17) is 0 Å². The fraction of sp³-hybridized carbons (Fsp3) is 0.600. The standard InChI is InChI=1S/C9H19.C6H6.ClH.Zn/c1-3-5-7-9-8-6-4-2;1-2-4-6-5-3-1;;/h9H,3-8H2,1-2H3;1-6H;1H;/q;;;+1/p-1. The smallest absolute Gasteiger partial charge is 0.0623 e. The van der Waals surface area contributed by atoms with Crippen molar-refractivity contribution in [2.45, 2.75) is 56.9 Å². The Hall–Kier alpha value is 0.133. The first-order valence-corrected chi connectivity index (χ1v) is 8.35. The quantitative estimate of drug-likeness (QED) is 0.708. The van der Waals surface area contributed by atoms with Crippen molar-refractivity contribution >= 4 is 0 Å². The fourth-order valence-corrected chi connectivity index (χ4v) is 2.73. The average Bonchev–Trinajstić information content (AvgIpc) is 2.36. The Bertz CT molecular complexity index is 179. The van der Waals surface area contributed by atoms with Crippen LogP contribution in [0, 0.1) is 0 Å². The van der Waals surface area contributed by atoms with E-state index in [-0.39, 0.29) is 12.4 Å². The summed E-state index contributed by atoms with van der Waals surface area (Å²) in [4.78, 5) is 0. The topological polar surface area (TPSA) is 0 Å². The van der Waals surface area contributed by atoms with Crippen LogP contribution in [0.3, 0.4) is 0 Å². The number of hydrogen-bond acceptors (Lipinski definition) is 0. The van der Waals surface area contributed by atoms with Gasteiger partial charge in [0.25, 0.3) is 0 Å². The SMILES string of the molecule is CCCC[CH]([Zn+])CCCC.[Cl-].c1ccccc1. The Balaban J connectivity index is 0. The van der Waals surface area contributed by atoms with Crippen LogP contribution < -0.4 is 12.4 Å². The van der Waals surface area contributed by atoms with Crippen LogP contribution in [0.15, 0.2) is 36.4 Å². The Kier molecular flexibility index (Phi) is 18.5. The second-order valence-corrected chi connectivity index (χ2v) is 6.73. The monoisotopic (exact) mass is 304 g/mol. The van der Waals surface area contributed by atoms with Gasteiger partial charge in [-0.15, -0.1) is 0 Å². The van der Waals surface area contributed by atoms with Gasteiger partial charge in [-0.05, 0) is 0 Å². The molecule has 0 spiro atoms. The van der Waals surface area contributed by atoms with E-state index in [9.17, 15) is 0 Å². The third-order valence-corrected chi connectivity index (χ3v) is 4.31. The zero-order valence-electron chi connectivity index (χ0n) is 11.4. The summed E-state index contributed by atoms with van der Waals surface area (Å²) < 4.78 is 1.10. The third kappa shape index (κ3) is 16.1. The molecule has 0 saturated heterocycles. The average molecular weight is 306 g/mol. The Labute approximate surface area is 124 Å². The van der Waals surface area contributed by atoms with Crippen LogP contribution in [0.2, 0.25) is 4.51 Å². The molecule has 2 heteroatoms. The molecule has 0 aliphatic heterocycles. The summed E-state index contributed by atoms with van der Waals surface area (Å²) in [6.45, 7) is 4.57. The van der Waals surface area contributed by atoms with Crippen molar-refractivity contribution in [3.63, 3.8) is 0 Å². The molecule has 0 amide bonds. The van der Waals surface area contributed by atoms with Gasteiger partial charge in [0.05, 0.1) is 0 Å². The molecule has 1 aromatic carbocycles. The molecule has 1 rings (SSSR count). The van der Waals surface area contributed by atoms with Crippen LogP contribution in [0.1, 0.15) is 52.4 Å². The molecule has 0 unspecified atom stereocenters. The van der Waals surface area contributed by atoms with Gasteiger partial charge in [0.2, 0.25) is 0 Å². The molecule has 1 aromatic rings. The predicted molar refractivity (Wildman–Crippen MR) is 69.2 cm³/mol. The molecule has 94 valence electrons. The van der Waals surface area contributed by atoms with E-state index in [0.29, 0.717) is 0 Å². The number of benzene rings is 1. The minimum Gasteiger partial charge on any atom is -1.00 e. The zero-order chi connectivity index (χ0) is 12.1. The summed E-state index contributed by atoms with van der Waals surface area (Å²) in [6.07, 6.45) is 8.65. The molecule has 0 aliphatic rings. The van der Waals surface area contributed by atoms with Gasteiger partial charge in [0, 0.05) is 0 Å². The van der Waals surface area contributed by atoms with Gasteiger partial charge in [-0.2, -0.15) is 0 Å². The van der Waals surface area contributed by atoms with Gasteiger partial charge in [-0.1, -0.05) is 36.4 Å². The number of hydrogen-bond donors (Lipinski definition) is 0. The van der Waals surface area contributed by atoms with Crippen molar-refractivity contribution in [3.05, 3.63) is 36.4 Å². The van der Waals surface area contributed by atoms with E-state index < -0.39 is 0 Å². The van der Waals surface area contributed by atoms with Crippen LogP contribution in [0.5, 0.6) is 0 Å². The molecular formula is C15H25ClZn. The molecule has 0 radical (unpaired) electrons. The summed E-state index contributed by atoms with van der Waals surface area (Å²) in [5.41, 5.74) is 0. The first-order chi connectivity index (χ1) is 7.81. The largest absolute Gasteiger partial charge is 1.00 e. The van der Waals surface area contributed by atoms with E-state index in [1.807, 2.05) is 36.4 Å². The van der Waals surface area contributed by atoms with Crippen molar-refractivity contribution in [2.24, 2.45) is 0 Å². The Morgan fingerprint density at radius 1 is 0.765 bits per heavy atom. The van der Waals surface area contributed by atoms with Crippen molar-refractivity contribution in [3.8, 4) is 0 Å². The summed E-state index contributed by atoms with van der Waals surface area (Å²) in [5, 5.41) is 0. The van der Waals surface area contributed by atoms with Gasteiger partial charge in [0.15, 0.2) is 0 Å². The molecule has 0 N–H and O–H groups in total. The van der Waals surface area contributed by atoms with Crippen molar-refractivity contribution < 1.29 is 30.7 Å². The van der Waals surface area contributed by atoms with Gasteiger partial charge in [-0.3, -0.25) is 0 Å². The zero-order valence-corrected chi connectivity index (χ0v) is 15.1. The summed E-state index contributed by atoms with van der Waals surface area (Å²) in [6, 6.07) is 12.0. The van der Waals surface area contributed by atoms with Crippen LogP contribution in [-0.4, -0.2) is 0 Å². The normalized spacial score (nSPS) is 9.24. The van der Waals surface area contributed by atoms with Crippen LogP contribution in [0.4, 0.5) is 0 Å². The fourth-order valence-electron chi connectivity index (χ4n) is 1.51. The van der Waals surface area contributed by atoms with E-state index in [1.165, 1.54) is 56.8 Å². The molecule has 17 heavy (non-hydrogen) atoms. The second kappa shape index (κ2) is 16.1. The predicted octanol–water partition coefficient (Wildman–Crippen LogP) is 2.39. The molecular weight excluding hydrogens is 281 g/mol. The molecule has 0 atom stereocenters. The van der Waals surface area contributed by atoms with Crippen LogP contribution in [0.25, 0.3) is 0 Å². The van der Waals surface area contributed by atoms with Gasteiger partial charge in [-0.25, -0.2) is 0 Å². The summed E-state index contributed by atoms with van der Waals surface area (Å²) in [7, 11) is 0. The molecule has 0 fully saturated rings. The second-order valence-electron chi connectivity index (χ2n) is 4.31. The van der Waals surface area contributed by atoms with E-state index in [0.717, 1.165) is 4.51 Å². The molecule has 0 bridgehead atoms. The van der Waals surface area contributed by atoms with Gasteiger partial charge < -0.3 is 12.4 Å². The van der Waals surface area contributed by atoms with Crippen molar-refractivity contribution in [2.75, 3.05) is 0 Å². The first-order valence-electron chi connectivity index (χ1n) is 6.64. The Morgan fingerprint density at radius 3 is 1.29 bits per heavy atom. The maximum absolute atomic E-state index is 2.28. The summed E-state index contributed by atoms with van der Waals surface area (Å²) in [5.74, 6) is 0.